The smallest absolute Gasteiger partial charge is 0.240 e. The lowest BCUT2D eigenvalue weighted by Crippen LogP contribution is -2.31. The van der Waals surface area contributed by atoms with Gasteiger partial charge in [-0.2, -0.15) is 0 Å². The highest BCUT2D eigenvalue weighted by Gasteiger charge is 2.08. The maximum Gasteiger partial charge on any atom is 0.240 e. The van der Waals surface area contributed by atoms with Crippen molar-refractivity contribution in [2.75, 3.05) is 19.8 Å². The van der Waals surface area contributed by atoms with Crippen LogP contribution in [0, 0.1) is 13.8 Å². The van der Waals surface area contributed by atoms with Crippen LogP contribution in [0.25, 0.3) is 11.0 Å². The van der Waals surface area contributed by atoms with Gasteiger partial charge in [0.05, 0.1) is 30.5 Å². The first kappa shape index (κ1) is 18.8. The fraction of sp³-hybridized carbons (Fsp3) is 0.333. The molecule has 6 nitrogen and oxygen atoms in total. The Kier molecular flexibility index (Phi) is 5.96. The van der Waals surface area contributed by atoms with Crippen molar-refractivity contribution in [1.82, 2.24) is 14.9 Å². The number of amides is 1. The molecule has 1 heterocycles. The van der Waals surface area contributed by atoms with Crippen LogP contribution in [0.2, 0.25) is 0 Å². The lowest BCUT2D eigenvalue weighted by atomic mass is 10.1. The Bertz CT molecular complexity index is 916. The molecule has 0 aliphatic carbocycles. The molecular weight excluding hydrogens is 342 g/mol. The molecule has 1 aromatic heterocycles. The van der Waals surface area contributed by atoms with E-state index in [2.05, 4.69) is 30.2 Å². The average molecular weight is 367 g/mol. The summed E-state index contributed by atoms with van der Waals surface area (Å²) in [4.78, 5) is 16.6. The Hall–Kier alpha value is -3.02. The number of imidazole rings is 1. The summed E-state index contributed by atoms with van der Waals surface area (Å²) in [5.74, 6) is 1.50. The molecule has 1 N–H and O–H groups in total. The molecule has 27 heavy (non-hydrogen) atoms. The van der Waals surface area contributed by atoms with Crippen LogP contribution < -0.4 is 14.8 Å². The minimum absolute atomic E-state index is 0.0668. The average Bonchev–Trinajstić information content (AvgIpc) is 3.02. The zero-order valence-electron chi connectivity index (χ0n) is 16.0. The number of nitrogens with one attached hydrogen (secondary N) is 1. The van der Waals surface area contributed by atoms with E-state index in [1.807, 2.05) is 41.8 Å². The molecule has 1 amide bonds. The number of carbonyl (C=O) groups is 1. The number of aryl methyl sites for hydroxylation is 2. The lowest BCUT2D eigenvalue weighted by molar-refractivity contribution is -0.121. The van der Waals surface area contributed by atoms with Crippen molar-refractivity contribution in [2.24, 2.45) is 0 Å². The van der Waals surface area contributed by atoms with E-state index in [1.165, 1.54) is 11.1 Å². The van der Waals surface area contributed by atoms with Crippen molar-refractivity contribution < 1.29 is 14.3 Å². The quantitative estimate of drug-likeness (QED) is 0.621. The van der Waals surface area contributed by atoms with Crippen molar-refractivity contribution in [3.8, 4) is 11.5 Å². The molecule has 3 aromatic rings. The molecule has 0 bridgehead atoms. The predicted octanol–water partition coefficient (Wildman–Crippen LogP) is 3.25. The summed E-state index contributed by atoms with van der Waals surface area (Å²) >= 11 is 0. The molecule has 142 valence electrons. The number of fused-ring (bicyclic) bond motifs is 1. The maximum absolute atomic E-state index is 12.2. The third kappa shape index (κ3) is 4.78. The second-order valence-electron chi connectivity index (χ2n) is 6.40. The van der Waals surface area contributed by atoms with Crippen LogP contribution in [-0.4, -0.2) is 35.2 Å². The van der Waals surface area contributed by atoms with E-state index in [9.17, 15) is 4.79 Å². The van der Waals surface area contributed by atoms with E-state index >= 15 is 0 Å². The number of hydrogen-bond acceptors (Lipinski definition) is 4. The highest BCUT2D eigenvalue weighted by atomic mass is 16.5. The van der Waals surface area contributed by atoms with Gasteiger partial charge in [0, 0.05) is 0 Å². The first-order valence-electron chi connectivity index (χ1n) is 9.11. The van der Waals surface area contributed by atoms with Crippen LogP contribution in [0.5, 0.6) is 11.5 Å². The Morgan fingerprint density at radius 3 is 2.44 bits per heavy atom. The Morgan fingerprint density at radius 1 is 1.07 bits per heavy atom. The number of rotatable bonds is 8. The third-order valence-electron chi connectivity index (χ3n) is 4.38. The SMILES string of the molecule is CCOc1ccc(OCCNC(=O)Cn2cnc3cc(C)c(C)cc32)cc1. The summed E-state index contributed by atoms with van der Waals surface area (Å²) in [5, 5.41) is 2.88. The van der Waals surface area contributed by atoms with Crippen LogP contribution in [0.1, 0.15) is 18.1 Å². The van der Waals surface area contributed by atoms with Crippen LogP contribution in [0.4, 0.5) is 0 Å². The van der Waals surface area contributed by atoms with Gasteiger partial charge in [-0.15, -0.1) is 0 Å². The van der Waals surface area contributed by atoms with Crippen LogP contribution in [0.3, 0.4) is 0 Å². The summed E-state index contributed by atoms with van der Waals surface area (Å²) in [6.07, 6.45) is 1.71. The van der Waals surface area contributed by atoms with E-state index in [4.69, 9.17) is 9.47 Å². The lowest BCUT2D eigenvalue weighted by Gasteiger charge is -2.10. The summed E-state index contributed by atoms with van der Waals surface area (Å²) in [6.45, 7) is 7.79. The monoisotopic (exact) mass is 367 g/mol. The summed E-state index contributed by atoms with van der Waals surface area (Å²) in [7, 11) is 0. The highest BCUT2D eigenvalue weighted by Crippen LogP contribution is 2.18. The minimum Gasteiger partial charge on any atom is -0.494 e. The summed E-state index contributed by atoms with van der Waals surface area (Å²) < 4.78 is 12.9. The summed E-state index contributed by atoms with van der Waals surface area (Å²) in [6, 6.07) is 11.6. The molecule has 0 saturated heterocycles. The van der Waals surface area contributed by atoms with E-state index < -0.39 is 0 Å². The van der Waals surface area contributed by atoms with E-state index in [-0.39, 0.29) is 12.5 Å². The molecule has 0 fully saturated rings. The van der Waals surface area contributed by atoms with Crippen molar-refractivity contribution in [3.63, 3.8) is 0 Å². The topological polar surface area (TPSA) is 65.4 Å². The molecular formula is C21H25N3O3. The fourth-order valence-electron chi connectivity index (χ4n) is 2.81. The van der Waals surface area contributed by atoms with Gasteiger partial charge in [-0.1, -0.05) is 0 Å². The number of aromatic nitrogens is 2. The second-order valence-corrected chi connectivity index (χ2v) is 6.40. The molecule has 0 saturated carbocycles. The van der Waals surface area contributed by atoms with Crippen molar-refractivity contribution in [3.05, 3.63) is 53.9 Å². The number of nitrogens with zero attached hydrogens (tertiary/aromatic N) is 2. The van der Waals surface area contributed by atoms with E-state index in [0.29, 0.717) is 19.8 Å². The van der Waals surface area contributed by atoms with Gasteiger partial charge in [0.25, 0.3) is 0 Å². The van der Waals surface area contributed by atoms with Gasteiger partial charge in [-0.05, 0) is 68.3 Å². The predicted molar refractivity (Wildman–Crippen MR) is 105 cm³/mol. The first-order chi connectivity index (χ1) is 13.1. The van der Waals surface area contributed by atoms with Crippen molar-refractivity contribution >= 4 is 16.9 Å². The number of hydrogen-bond donors (Lipinski definition) is 1. The highest BCUT2D eigenvalue weighted by molar-refractivity contribution is 5.81. The molecule has 3 rings (SSSR count). The fourth-order valence-corrected chi connectivity index (χ4v) is 2.81. The molecule has 0 aliphatic heterocycles. The number of ether oxygens (including phenoxy) is 2. The van der Waals surface area contributed by atoms with E-state index in [1.54, 1.807) is 6.33 Å². The first-order valence-corrected chi connectivity index (χ1v) is 9.11. The zero-order valence-corrected chi connectivity index (χ0v) is 16.0. The van der Waals surface area contributed by atoms with Gasteiger partial charge < -0.3 is 19.4 Å². The molecule has 0 atom stereocenters. The summed E-state index contributed by atoms with van der Waals surface area (Å²) in [5.41, 5.74) is 4.26. The van der Waals surface area contributed by atoms with Crippen molar-refractivity contribution in [2.45, 2.75) is 27.3 Å². The standard InChI is InChI=1S/C21H25N3O3/c1-4-26-17-5-7-18(8-6-17)27-10-9-22-21(25)13-24-14-23-19-11-15(2)16(3)12-20(19)24/h5-8,11-12,14H,4,9-10,13H2,1-3H3,(H,22,25). The molecule has 2 aromatic carbocycles. The molecule has 0 unspecified atom stereocenters. The van der Waals surface area contributed by atoms with Gasteiger partial charge >= 0.3 is 0 Å². The van der Waals surface area contributed by atoms with E-state index in [0.717, 1.165) is 22.5 Å². The normalized spacial score (nSPS) is 10.8. The Balaban J connectivity index is 1.47. The maximum atomic E-state index is 12.2. The second kappa shape index (κ2) is 8.58. The van der Waals surface area contributed by atoms with Crippen LogP contribution in [-0.2, 0) is 11.3 Å². The number of carbonyl (C=O) groups excluding carboxylic acids is 1. The minimum atomic E-state index is -0.0668. The van der Waals surface area contributed by atoms with Gasteiger partial charge in [-0.3, -0.25) is 4.79 Å². The van der Waals surface area contributed by atoms with Crippen molar-refractivity contribution in [1.29, 1.82) is 0 Å². The van der Waals surface area contributed by atoms with Gasteiger partial charge in [0.15, 0.2) is 0 Å². The largest absolute Gasteiger partial charge is 0.494 e. The number of benzene rings is 2. The van der Waals surface area contributed by atoms with Crippen LogP contribution in [0.15, 0.2) is 42.7 Å². The molecule has 0 aliphatic rings. The zero-order chi connectivity index (χ0) is 19.2. The van der Waals surface area contributed by atoms with Gasteiger partial charge in [0.1, 0.15) is 24.7 Å². The van der Waals surface area contributed by atoms with Gasteiger partial charge in [0.2, 0.25) is 5.91 Å². The third-order valence-corrected chi connectivity index (χ3v) is 4.38. The van der Waals surface area contributed by atoms with Crippen LogP contribution >= 0.6 is 0 Å². The molecule has 0 radical (unpaired) electrons. The molecule has 6 heteroatoms. The molecule has 0 spiro atoms. The van der Waals surface area contributed by atoms with Gasteiger partial charge in [-0.25, -0.2) is 4.98 Å². The Morgan fingerprint density at radius 2 is 1.74 bits per heavy atom. The Labute approximate surface area is 159 Å².